The molecule has 0 atom stereocenters. The summed E-state index contributed by atoms with van der Waals surface area (Å²) in [5.74, 6) is 0.643. The Bertz CT molecular complexity index is 443. The number of nitrogens with one attached hydrogen (secondary N) is 1. The van der Waals surface area contributed by atoms with Crippen LogP contribution in [0.15, 0.2) is 12.1 Å². The molecule has 1 saturated carbocycles. The average Bonchev–Trinajstić information content (AvgIpc) is 2.23. The van der Waals surface area contributed by atoms with Gasteiger partial charge in [-0.05, 0) is 32.3 Å². The monoisotopic (exact) mass is 236 g/mol. The third-order valence-corrected chi connectivity index (χ3v) is 3.23. The van der Waals surface area contributed by atoms with E-state index in [2.05, 4.69) is 10.3 Å². The Morgan fingerprint density at radius 2 is 2.29 bits per heavy atom. The van der Waals surface area contributed by atoms with Crippen LogP contribution in [0.25, 0.3) is 0 Å². The van der Waals surface area contributed by atoms with E-state index in [1.165, 1.54) is 12.5 Å². The molecule has 6 nitrogen and oxygen atoms in total. The van der Waals surface area contributed by atoms with Crippen molar-refractivity contribution in [2.45, 2.75) is 31.7 Å². The van der Waals surface area contributed by atoms with Crippen LogP contribution in [0.1, 0.15) is 25.0 Å². The predicted octanol–water partition coefficient (Wildman–Crippen LogP) is 1.59. The van der Waals surface area contributed by atoms with Crippen molar-refractivity contribution in [3.8, 4) is 0 Å². The summed E-state index contributed by atoms with van der Waals surface area (Å²) in [4.78, 5) is 14.4. The van der Waals surface area contributed by atoms with Gasteiger partial charge in [-0.3, -0.25) is 10.1 Å². The average molecular weight is 236 g/mol. The number of nitrogens with zero attached hydrogens (tertiary/aromatic N) is 2. The zero-order valence-electron chi connectivity index (χ0n) is 9.77. The van der Waals surface area contributed by atoms with E-state index in [-0.39, 0.29) is 11.2 Å². The molecule has 1 heterocycles. The molecule has 6 heteroatoms. The minimum atomic E-state index is -0.428. The van der Waals surface area contributed by atoms with Gasteiger partial charge in [0.15, 0.2) is 0 Å². The summed E-state index contributed by atoms with van der Waals surface area (Å²) < 4.78 is 0. The molecule has 0 bridgehead atoms. The molecule has 0 saturated heterocycles. The summed E-state index contributed by atoms with van der Waals surface area (Å²) >= 11 is 0. The first-order valence-electron chi connectivity index (χ1n) is 5.65. The van der Waals surface area contributed by atoms with E-state index < -0.39 is 4.92 Å². The zero-order valence-corrected chi connectivity index (χ0v) is 9.77. The number of anilines is 1. The van der Waals surface area contributed by atoms with Crippen LogP contribution in [-0.4, -0.2) is 22.0 Å². The maximum atomic E-state index is 10.6. The van der Waals surface area contributed by atoms with Crippen molar-refractivity contribution in [1.82, 2.24) is 4.98 Å². The normalized spacial score (nSPS) is 17.3. The lowest BCUT2D eigenvalue weighted by atomic mass is 9.78. The van der Waals surface area contributed by atoms with E-state index in [4.69, 9.17) is 5.73 Å². The maximum absolute atomic E-state index is 10.6. The Balaban J connectivity index is 2.02. The summed E-state index contributed by atoms with van der Waals surface area (Å²) in [7, 11) is 0. The second kappa shape index (κ2) is 4.29. The molecule has 0 amide bonds. The van der Waals surface area contributed by atoms with Crippen molar-refractivity contribution < 1.29 is 4.92 Å². The molecule has 1 fully saturated rings. The highest BCUT2D eigenvalue weighted by molar-refractivity contribution is 5.45. The summed E-state index contributed by atoms with van der Waals surface area (Å²) in [6.07, 6.45) is 3.21. The summed E-state index contributed by atoms with van der Waals surface area (Å²) in [5, 5.41) is 13.8. The minimum Gasteiger partial charge on any atom is -0.368 e. The quantitative estimate of drug-likeness (QED) is 0.611. The van der Waals surface area contributed by atoms with Crippen molar-refractivity contribution >= 4 is 11.5 Å². The van der Waals surface area contributed by atoms with Crippen molar-refractivity contribution in [3.05, 3.63) is 27.9 Å². The number of pyridine rings is 1. The van der Waals surface area contributed by atoms with Gasteiger partial charge in [0.2, 0.25) is 0 Å². The van der Waals surface area contributed by atoms with Crippen molar-refractivity contribution in [2.75, 3.05) is 11.9 Å². The van der Waals surface area contributed by atoms with Crippen LogP contribution in [0.2, 0.25) is 0 Å². The molecule has 1 aliphatic rings. The molecule has 92 valence electrons. The van der Waals surface area contributed by atoms with Gasteiger partial charge >= 0.3 is 0 Å². The first kappa shape index (κ1) is 11.8. The van der Waals surface area contributed by atoms with E-state index in [1.54, 1.807) is 13.0 Å². The summed E-state index contributed by atoms with van der Waals surface area (Å²) in [5.41, 5.74) is 6.40. The van der Waals surface area contributed by atoms with Gasteiger partial charge in [0, 0.05) is 18.2 Å². The smallest absolute Gasteiger partial charge is 0.290 e. The molecule has 0 radical (unpaired) electrons. The first-order chi connectivity index (χ1) is 8.00. The van der Waals surface area contributed by atoms with Gasteiger partial charge in [-0.25, -0.2) is 4.98 Å². The predicted molar refractivity (Wildman–Crippen MR) is 64.9 cm³/mol. The fraction of sp³-hybridized carbons (Fsp3) is 0.545. The third kappa shape index (κ3) is 2.52. The van der Waals surface area contributed by atoms with Gasteiger partial charge < -0.3 is 11.1 Å². The molecule has 1 aliphatic carbocycles. The van der Waals surface area contributed by atoms with Crippen LogP contribution in [0.5, 0.6) is 0 Å². The van der Waals surface area contributed by atoms with E-state index >= 15 is 0 Å². The molecule has 0 spiro atoms. The van der Waals surface area contributed by atoms with Crippen molar-refractivity contribution in [2.24, 2.45) is 5.73 Å². The van der Waals surface area contributed by atoms with Crippen LogP contribution in [0.3, 0.4) is 0 Å². The molecule has 3 N–H and O–H groups in total. The second-order valence-electron chi connectivity index (χ2n) is 4.63. The van der Waals surface area contributed by atoms with Gasteiger partial charge in [-0.1, -0.05) is 0 Å². The largest absolute Gasteiger partial charge is 0.368 e. The van der Waals surface area contributed by atoms with Gasteiger partial charge in [0.25, 0.3) is 5.69 Å². The third-order valence-electron chi connectivity index (χ3n) is 3.23. The van der Waals surface area contributed by atoms with Crippen LogP contribution in [0, 0.1) is 17.0 Å². The lowest BCUT2D eigenvalue weighted by Gasteiger charge is -2.38. The van der Waals surface area contributed by atoms with E-state index in [0.717, 1.165) is 12.8 Å². The van der Waals surface area contributed by atoms with Gasteiger partial charge in [-0.15, -0.1) is 0 Å². The SMILES string of the molecule is Cc1nc(NCC2(N)CCC2)ccc1[N+](=O)[O-]. The number of aromatic nitrogens is 1. The summed E-state index contributed by atoms with van der Waals surface area (Å²) in [6.45, 7) is 2.29. The number of aryl methyl sites for hydroxylation is 1. The number of hydrogen-bond acceptors (Lipinski definition) is 5. The van der Waals surface area contributed by atoms with Crippen LogP contribution in [-0.2, 0) is 0 Å². The topological polar surface area (TPSA) is 94.1 Å². The number of nitro groups is 1. The number of nitrogens with two attached hydrogens (primary N) is 1. The lowest BCUT2D eigenvalue weighted by Crippen LogP contribution is -2.52. The van der Waals surface area contributed by atoms with E-state index in [0.29, 0.717) is 18.1 Å². The van der Waals surface area contributed by atoms with Gasteiger partial charge in [0.05, 0.1) is 4.92 Å². The Kier molecular flexibility index (Phi) is 2.97. The number of rotatable bonds is 4. The van der Waals surface area contributed by atoms with Crippen molar-refractivity contribution in [3.63, 3.8) is 0 Å². The Morgan fingerprint density at radius 3 is 2.76 bits per heavy atom. The Labute approximate surface area is 99.4 Å². The molecular weight excluding hydrogens is 220 g/mol. The van der Waals surface area contributed by atoms with E-state index in [9.17, 15) is 10.1 Å². The van der Waals surface area contributed by atoms with Crippen LogP contribution < -0.4 is 11.1 Å². The highest BCUT2D eigenvalue weighted by Gasteiger charge is 2.32. The molecule has 0 unspecified atom stereocenters. The van der Waals surface area contributed by atoms with Crippen LogP contribution in [0.4, 0.5) is 11.5 Å². The standard InChI is InChI=1S/C11H16N4O2/c1-8-9(15(16)17)3-4-10(14-8)13-7-11(12)5-2-6-11/h3-4H,2,5-7,12H2,1H3,(H,13,14). The highest BCUT2D eigenvalue weighted by Crippen LogP contribution is 2.29. The van der Waals surface area contributed by atoms with E-state index in [1.807, 2.05) is 0 Å². The van der Waals surface area contributed by atoms with Gasteiger partial charge in [0.1, 0.15) is 11.5 Å². The molecule has 2 rings (SSSR count). The molecular formula is C11H16N4O2. The minimum absolute atomic E-state index is 0.0432. The molecule has 1 aromatic rings. The highest BCUT2D eigenvalue weighted by atomic mass is 16.6. The summed E-state index contributed by atoms with van der Waals surface area (Å²) in [6, 6.07) is 3.09. The fourth-order valence-electron chi connectivity index (χ4n) is 1.92. The number of hydrogen-bond donors (Lipinski definition) is 2. The molecule has 17 heavy (non-hydrogen) atoms. The second-order valence-corrected chi connectivity index (χ2v) is 4.63. The maximum Gasteiger partial charge on any atom is 0.290 e. The van der Waals surface area contributed by atoms with Crippen molar-refractivity contribution in [1.29, 1.82) is 0 Å². The Hall–Kier alpha value is -1.69. The van der Waals surface area contributed by atoms with Gasteiger partial charge in [-0.2, -0.15) is 0 Å². The van der Waals surface area contributed by atoms with Crippen LogP contribution >= 0.6 is 0 Å². The molecule has 0 aromatic carbocycles. The molecule has 1 aromatic heterocycles. The fourth-order valence-corrected chi connectivity index (χ4v) is 1.92. The molecule has 0 aliphatic heterocycles. The Morgan fingerprint density at radius 1 is 1.59 bits per heavy atom. The lowest BCUT2D eigenvalue weighted by molar-refractivity contribution is -0.385. The zero-order chi connectivity index (χ0) is 12.5. The first-order valence-corrected chi connectivity index (χ1v) is 5.65.